The highest BCUT2D eigenvalue weighted by Crippen LogP contribution is 2.28. The Bertz CT molecular complexity index is 498. The lowest BCUT2D eigenvalue weighted by atomic mass is 9.83. The van der Waals surface area contributed by atoms with Gasteiger partial charge in [-0.25, -0.2) is 0 Å². The van der Waals surface area contributed by atoms with Crippen molar-refractivity contribution in [2.24, 2.45) is 11.7 Å². The Morgan fingerprint density at radius 1 is 1.27 bits per heavy atom. The summed E-state index contributed by atoms with van der Waals surface area (Å²) >= 11 is 0. The van der Waals surface area contributed by atoms with E-state index in [2.05, 4.69) is 45.0 Å². The van der Waals surface area contributed by atoms with Crippen molar-refractivity contribution in [1.29, 1.82) is 0 Å². The smallest absolute Gasteiger partial charge is 0.225 e. The number of aryl methyl sites for hydroxylation is 1. The summed E-state index contributed by atoms with van der Waals surface area (Å²) in [7, 11) is 1.92. The maximum Gasteiger partial charge on any atom is 0.225 e. The molecule has 1 fully saturated rings. The number of hydrogen-bond acceptors (Lipinski definition) is 2. The van der Waals surface area contributed by atoms with Gasteiger partial charge in [0.25, 0.3) is 0 Å². The molecule has 0 radical (unpaired) electrons. The second-order valence-corrected chi connectivity index (χ2v) is 7.21. The Morgan fingerprint density at radius 2 is 1.86 bits per heavy atom. The molecule has 1 aliphatic rings. The number of benzene rings is 1. The Balaban J connectivity index is 0.00000242. The van der Waals surface area contributed by atoms with E-state index in [1.54, 1.807) is 0 Å². The Labute approximate surface area is 140 Å². The van der Waals surface area contributed by atoms with E-state index in [4.69, 9.17) is 5.73 Å². The number of carbonyl (C=O) groups is 1. The van der Waals surface area contributed by atoms with E-state index in [-0.39, 0.29) is 35.7 Å². The highest BCUT2D eigenvalue weighted by atomic mass is 35.5. The van der Waals surface area contributed by atoms with E-state index in [0.717, 1.165) is 25.8 Å². The van der Waals surface area contributed by atoms with Crippen molar-refractivity contribution >= 4 is 18.3 Å². The van der Waals surface area contributed by atoms with Crippen LogP contribution >= 0.6 is 12.4 Å². The van der Waals surface area contributed by atoms with Crippen molar-refractivity contribution in [2.45, 2.75) is 51.5 Å². The average molecular weight is 325 g/mol. The van der Waals surface area contributed by atoms with Gasteiger partial charge in [-0.05, 0) is 31.7 Å². The maximum absolute atomic E-state index is 12.5. The lowest BCUT2D eigenvalue weighted by Crippen LogP contribution is -2.41. The number of rotatable bonds is 4. The van der Waals surface area contributed by atoms with Gasteiger partial charge in [0.1, 0.15) is 0 Å². The van der Waals surface area contributed by atoms with E-state index in [1.165, 1.54) is 11.1 Å². The quantitative estimate of drug-likeness (QED) is 0.923. The summed E-state index contributed by atoms with van der Waals surface area (Å²) in [6.07, 6.45) is 2.76. The van der Waals surface area contributed by atoms with Crippen LogP contribution in [0.4, 0.5) is 0 Å². The molecular formula is C18H29ClN2O. The lowest BCUT2D eigenvalue weighted by molar-refractivity contribution is -0.134. The van der Waals surface area contributed by atoms with Gasteiger partial charge in [0.05, 0.1) is 0 Å². The average Bonchev–Trinajstić information content (AvgIpc) is 2.84. The van der Waals surface area contributed by atoms with E-state index in [9.17, 15) is 4.79 Å². The second kappa shape index (κ2) is 7.47. The summed E-state index contributed by atoms with van der Waals surface area (Å²) in [4.78, 5) is 14.4. The first-order valence-corrected chi connectivity index (χ1v) is 7.87. The van der Waals surface area contributed by atoms with Crippen LogP contribution < -0.4 is 5.73 Å². The third-order valence-corrected chi connectivity index (χ3v) is 4.66. The number of carbonyl (C=O) groups excluding carboxylic acids is 1. The first-order chi connectivity index (χ1) is 9.79. The highest BCUT2D eigenvalue weighted by molar-refractivity contribution is 5.85. The molecule has 0 aliphatic heterocycles. The minimum Gasteiger partial charge on any atom is -0.345 e. The summed E-state index contributed by atoms with van der Waals surface area (Å²) < 4.78 is 0. The van der Waals surface area contributed by atoms with Crippen molar-refractivity contribution in [3.05, 3.63) is 35.4 Å². The van der Waals surface area contributed by atoms with Crippen LogP contribution in [0.25, 0.3) is 0 Å². The summed E-state index contributed by atoms with van der Waals surface area (Å²) in [5, 5.41) is 0. The molecule has 1 aromatic carbocycles. The summed E-state index contributed by atoms with van der Waals surface area (Å²) in [5.41, 5.74) is 8.42. The molecule has 1 aliphatic carbocycles. The van der Waals surface area contributed by atoms with Crippen LogP contribution in [0.2, 0.25) is 0 Å². The molecule has 1 aromatic rings. The molecule has 3 nitrogen and oxygen atoms in total. The predicted molar refractivity (Wildman–Crippen MR) is 94.4 cm³/mol. The van der Waals surface area contributed by atoms with E-state index in [0.29, 0.717) is 0 Å². The largest absolute Gasteiger partial charge is 0.345 e. The summed E-state index contributed by atoms with van der Waals surface area (Å²) in [6.45, 7) is 7.22. The van der Waals surface area contributed by atoms with E-state index >= 15 is 0 Å². The van der Waals surface area contributed by atoms with Crippen LogP contribution in [-0.2, 0) is 10.2 Å². The number of likely N-dealkylation sites (N-methyl/N-ethyl adjacent to an activating group) is 1. The molecule has 22 heavy (non-hydrogen) atoms. The van der Waals surface area contributed by atoms with Gasteiger partial charge in [0.2, 0.25) is 5.91 Å². The van der Waals surface area contributed by atoms with Gasteiger partial charge in [0, 0.05) is 31.0 Å². The van der Waals surface area contributed by atoms with Crippen molar-refractivity contribution in [3.8, 4) is 0 Å². The molecular weight excluding hydrogens is 296 g/mol. The van der Waals surface area contributed by atoms with Gasteiger partial charge < -0.3 is 10.6 Å². The number of nitrogens with zero attached hydrogens (tertiary/aromatic N) is 1. The van der Waals surface area contributed by atoms with Crippen LogP contribution in [0.5, 0.6) is 0 Å². The fraction of sp³-hybridized carbons (Fsp3) is 0.611. The molecule has 0 bridgehead atoms. The Kier molecular flexibility index (Phi) is 6.45. The zero-order chi connectivity index (χ0) is 15.6. The number of nitrogens with two attached hydrogens (primary N) is 1. The fourth-order valence-corrected chi connectivity index (χ4v) is 3.32. The number of halogens is 1. The van der Waals surface area contributed by atoms with Gasteiger partial charge >= 0.3 is 0 Å². The van der Waals surface area contributed by atoms with Crippen LogP contribution in [0.15, 0.2) is 24.3 Å². The van der Waals surface area contributed by atoms with Gasteiger partial charge in [-0.1, -0.05) is 43.7 Å². The molecule has 2 rings (SSSR count). The van der Waals surface area contributed by atoms with E-state index in [1.807, 2.05) is 11.9 Å². The number of hydrogen-bond donors (Lipinski definition) is 1. The predicted octanol–water partition coefficient (Wildman–Crippen LogP) is 3.28. The molecule has 2 N–H and O–H groups in total. The van der Waals surface area contributed by atoms with Gasteiger partial charge in [0.15, 0.2) is 0 Å². The van der Waals surface area contributed by atoms with Crippen molar-refractivity contribution in [3.63, 3.8) is 0 Å². The van der Waals surface area contributed by atoms with Crippen LogP contribution in [0, 0.1) is 12.8 Å². The van der Waals surface area contributed by atoms with Gasteiger partial charge in [-0.15, -0.1) is 12.4 Å². The molecule has 0 saturated heterocycles. The van der Waals surface area contributed by atoms with Crippen molar-refractivity contribution in [1.82, 2.24) is 4.90 Å². The van der Waals surface area contributed by atoms with Crippen molar-refractivity contribution in [2.75, 3.05) is 13.6 Å². The minimum atomic E-state index is -0.0428. The molecule has 124 valence electrons. The van der Waals surface area contributed by atoms with Crippen LogP contribution in [0.1, 0.15) is 44.2 Å². The SMILES string of the molecule is Cc1ccc(C(C)(C)CN(C)C(=O)C2CCC(N)C2)cc1.Cl. The monoisotopic (exact) mass is 324 g/mol. The molecule has 1 saturated carbocycles. The van der Waals surface area contributed by atoms with Crippen LogP contribution in [0.3, 0.4) is 0 Å². The molecule has 0 aromatic heterocycles. The summed E-state index contributed by atoms with van der Waals surface area (Å²) in [5.74, 6) is 0.377. The third kappa shape index (κ3) is 4.47. The zero-order valence-corrected chi connectivity index (χ0v) is 15.0. The molecule has 0 spiro atoms. The molecule has 2 atom stereocenters. The fourth-order valence-electron chi connectivity index (χ4n) is 3.32. The maximum atomic E-state index is 12.5. The Hall–Kier alpha value is -1.06. The normalized spacial score (nSPS) is 21.3. The molecule has 4 heteroatoms. The first-order valence-electron chi connectivity index (χ1n) is 7.87. The summed E-state index contributed by atoms with van der Waals surface area (Å²) in [6, 6.07) is 8.81. The zero-order valence-electron chi connectivity index (χ0n) is 14.1. The molecule has 2 unspecified atom stereocenters. The highest BCUT2D eigenvalue weighted by Gasteiger charge is 2.32. The second-order valence-electron chi connectivity index (χ2n) is 7.21. The van der Waals surface area contributed by atoms with E-state index < -0.39 is 0 Å². The standard InChI is InChI=1S/C18H28N2O.ClH/c1-13-5-8-15(9-6-13)18(2,3)12-20(4)17(21)14-7-10-16(19)11-14;/h5-6,8-9,14,16H,7,10-12,19H2,1-4H3;1H. The number of amides is 1. The minimum absolute atomic E-state index is 0. The third-order valence-electron chi connectivity index (χ3n) is 4.66. The first kappa shape index (κ1) is 19.0. The van der Waals surface area contributed by atoms with Gasteiger partial charge in [-0.2, -0.15) is 0 Å². The van der Waals surface area contributed by atoms with Crippen molar-refractivity contribution < 1.29 is 4.79 Å². The molecule has 0 heterocycles. The molecule has 1 amide bonds. The lowest BCUT2D eigenvalue weighted by Gasteiger charge is -2.32. The van der Waals surface area contributed by atoms with Gasteiger partial charge in [-0.3, -0.25) is 4.79 Å². The van der Waals surface area contributed by atoms with Crippen LogP contribution in [-0.4, -0.2) is 30.4 Å². The topological polar surface area (TPSA) is 46.3 Å². The Morgan fingerprint density at radius 3 is 2.36 bits per heavy atom.